The topological polar surface area (TPSA) is 50.1 Å². The number of nitrogens with zero attached hydrogens (tertiary/aromatic N) is 6. The van der Waals surface area contributed by atoms with E-state index >= 15 is 0 Å². The van der Waals surface area contributed by atoms with Crippen LogP contribution in [0.25, 0.3) is 61.7 Å². The van der Waals surface area contributed by atoms with Crippen molar-refractivity contribution in [2.75, 3.05) is 9.80 Å². The number of benzene rings is 9. The standard InChI is InChI=1S/C59H44N6/c1-41-37-51(38-42(2)56(41)59-61-57(43-21-9-3-10-22-43)60-58(62-59)44-23-11-4-12-24-44)65-54-35-33-49(63(45-25-13-5-14-26-45)46-27-15-6-16-28-46)39-52(54)53-40-50(34-36-55(53)65)64(47-29-17-7-18-30-47)48-31-19-8-20-32-48/h3-40H,1-2H3. The number of para-hydroxylation sites is 4. The van der Waals surface area contributed by atoms with Gasteiger partial charge in [0.15, 0.2) is 17.5 Å². The lowest BCUT2D eigenvalue weighted by atomic mass is 10.0. The highest BCUT2D eigenvalue weighted by Gasteiger charge is 2.22. The van der Waals surface area contributed by atoms with Crippen LogP contribution >= 0.6 is 0 Å². The first-order valence-corrected chi connectivity index (χ1v) is 21.9. The highest BCUT2D eigenvalue weighted by Crippen LogP contribution is 2.43. The van der Waals surface area contributed by atoms with Gasteiger partial charge in [-0.3, -0.25) is 0 Å². The normalized spacial score (nSPS) is 11.2. The zero-order valence-electron chi connectivity index (χ0n) is 36.1. The minimum Gasteiger partial charge on any atom is -0.310 e. The number of aromatic nitrogens is 4. The maximum absolute atomic E-state index is 5.13. The predicted molar refractivity (Wildman–Crippen MR) is 269 cm³/mol. The molecule has 2 aromatic heterocycles. The van der Waals surface area contributed by atoms with Crippen LogP contribution in [0.4, 0.5) is 34.1 Å². The molecule has 0 atom stereocenters. The first kappa shape index (κ1) is 39.3. The van der Waals surface area contributed by atoms with Crippen LogP contribution in [0.5, 0.6) is 0 Å². The fourth-order valence-electron chi connectivity index (χ4n) is 9.10. The Morgan fingerprint density at radius 2 is 0.646 bits per heavy atom. The Balaban J connectivity index is 1.12. The largest absolute Gasteiger partial charge is 0.310 e. The third-order valence-electron chi connectivity index (χ3n) is 12.0. The summed E-state index contributed by atoms with van der Waals surface area (Å²) in [5, 5.41) is 2.29. The minimum atomic E-state index is 0.645. The lowest BCUT2D eigenvalue weighted by molar-refractivity contribution is 1.06. The molecule has 0 saturated heterocycles. The zero-order chi connectivity index (χ0) is 43.7. The molecule has 0 fully saturated rings. The summed E-state index contributed by atoms with van der Waals surface area (Å²) < 4.78 is 2.41. The molecule has 65 heavy (non-hydrogen) atoms. The van der Waals surface area contributed by atoms with Crippen LogP contribution in [0.3, 0.4) is 0 Å². The van der Waals surface area contributed by atoms with Gasteiger partial charge in [-0.1, -0.05) is 133 Å². The molecule has 6 heteroatoms. The molecule has 6 nitrogen and oxygen atoms in total. The van der Waals surface area contributed by atoms with Crippen molar-refractivity contribution in [1.82, 2.24) is 19.5 Å². The van der Waals surface area contributed by atoms with Crippen molar-refractivity contribution in [3.63, 3.8) is 0 Å². The molecule has 0 unspecified atom stereocenters. The number of hydrogen-bond acceptors (Lipinski definition) is 5. The molecule has 0 N–H and O–H groups in total. The summed E-state index contributed by atoms with van der Waals surface area (Å²) in [6.45, 7) is 4.33. The van der Waals surface area contributed by atoms with Gasteiger partial charge < -0.3 is 14.4 Å². The van der Waals surface area contributed by atoms with E-state index in [1.54, 1.807) is 0 Å². The van der Waals surface area contributed by atoms with Gasteiger partial charge in [0.2, 0.25) is 0 Å². The number of hydrogen-bond donors (Lipinski definition) is 0. The second kappa shape index (κ2) is 16.9. The molecule has 0 aliphatic heterocycles. The van der Waals surface area contributed by atoms with Crippen molar-refractivity contribution in [1.29, 1.82) is 0 Å². The smallest absolute Gasteiger partial charge is 0.164 e. The third-order valence-corrected chi connectivity index (χ3v) is 12.0. The average molecular weight is 837 g/mol. The number of aryl methyl sites for hydroxylation is 2. The Kier molecular flexibility index (Phi) is 10.2. The zero-order valence-corrected chi connectivity index (χ0v) is 36.1. The summed E-state index contributed by atoms with van der Waals surface area (Å²) in [6.07, 6.45) is 0. The van der Waals surface area contributed by atoms with E-state index in [0.29, 0.717) is 17.5 Å². The van der Waals surface area contributed by atoms with Gasteiger partial charge in [0.1, 0.15) is 0 Å². The molecule has 0 aliphatic carbocycles. The van der Waals surface area contributed by atoms with Gasteiger partial charge in [0, 0.05) is 67.3 Å². The number of fused-ring (bicyclic) bond motifs is 3. The van der Waals surface area contributed by atoms with Crippen molar-refractivity contribution < 1.29 is 0 Å². The van der Waals surface area contributed by atoms with Crippen molar-refractivity contribution in [2.24, 2.45) is 0 Å². The molecular weight excluding hydrogens is 793 g/mol. The summed E-state index contributed by atoms with van der Waals surface area (Å²) in [5.74, 6) is 1.94. The van der Waals surface area contributed by atoms with Crippen LogP contribution in [0.1, 0.15) is 11.1 Å². The van der Waals surface area contributed by atoms with Gasteiger partial charge in [-0.05, 0) is 122 Å². The van der Waals surface area contributed by atoms with Crippen LogP contribution in [0, 0.1) is 13.8 Å². The SMILES string of the molecule is Cc1cc(-n2c3ccc(N(c4ccccc4)c4ccccc4)cc3c3cc(N(c4ccccc4)c4ccccc4)ccc32)cc(C)c1-c1nc(-c2ccccc2)nc(-c2ccccc2)n1. The molecule has 0 bridgehead atoms. The second-order valence-electron chi connectivity index (χ2n) is 16.2. The van der Waals surface area contributed by atoms with Gasteiger partial charge in [-0.2, -0.15) is 0 Å². The van der Waals surface area contributed by atoms with E-state index in [2.05, 4.69) is 198 Å². The average Bonchev–Trinajstić information content (AvgIpc) is 3.69. The molecule has 0 radical (unpaired) electrons. The Labute approximate surface area is 379 Å². The fourth-order valence-corrected chi connectivity index (χ4v) is 9.10. The van der Waals surface area contributed by atoms with Crippen LogP contribution < -0.4 is 9.80 Å². The van der Waals surface area contributed by atoms with E-state index in [0.717, 1.165) is 89.4 Å². The molecule has 0 aliphatic rings. The molecule has 0 amide bonds. The van der Waals surface area contributed by atoms with E-state index in [1.807, 2.05) is 60.7 Å². The van der Waals surface area contributed by atoms with E-state index in [1.165, 1.54) is 0 Å². The first-order chi connectivity index (χ1) is 32.1. The molecular formula is C59H44N6. The van der Waals surface area contributed by atoms with Gasteiger partial charge in [0.25, 0.3) is 0 Å². The molecule has 11 aromatic rings. The highest BCUT2D eigenvalue weighted by atomic mass is 15.2. The van der Waals surface area contributed by atoms with Gasteiger partial charge in [-0.15, -0.1) is 0 Å². The summed E-state index contributed by atoms with van der Waals surface area (Å²) in [7, 11) is 0. The van der Waals surface area contributed by atoms with Crippen LogP contribution in [0.2, 0.25) is 0 Å². The predicted octanol–water partition coefficient (Wildman–Crippen LogP) is 15.5. The van der Waals surface area contributed by atoms with Crippen molar-refractivity contribution >= 4 is 55.9 Å². The Morgan fingerprint density at radius 1 is 0.323 bits per heavy atom. The van der Waals surface area contributed by atoms with Crippen molar-refractivity contribution in [3.05, 3.63) is 242 Å². The van der Waals surface area contributed by atoms with E-state index in [4.69, 9.17) is 15.0 Å². The molecule has 2 heterocycles. The first-order valence-electron chi connectivity index (χ1n) is 21.9. The molecule has 9 aromatic carbocycles. The summed E-state index contributed by atoms with van der Waals surface area (Å²) in [5.41, 5.74) is 14.8. The fraction of sp³-hybridized carbons (Fsp3) is 0.0339. The van der Waals surface area contributed by atoms with E-state index in [9.17, 15) is 0 Å². The third kappa shape index (κ3) is 7.47. The monoisotopic (exact) mass is 836 g/mol. The van der Waals surface area contributed by atoms with Crippen molar-refractivity contribution in [2.45, 2.75) is 13.8 Å². The maximum Gasteiger partial charge on any atom is 0.164 e. The quantitative estimate of drug-likeness (QED) is 0.137. The van der Waals surface area contributed by atoms with E-state index < -0.39 is 0 Å². The molecule has 0 spiro atoms. The van der Waals surface area contributed by atoms with Crippen LogP contribution in [-0.4, -0.2) is 19.5 Å². The van der Waals surface area contributed by atoms with E-state index in [-0.39, 0.29) is 0 Å². The summed E-state index contributed by atoms with van der Waals surface area (Å²) in [4.78, 5) is 19.9. The summed E-state index contributed by atoms with van der Waals surface area (Å²) in [6, 6.07) is 81.0. The number of rotatable bonds is 10. The van der Waals surface area contributed by atoms with Gasteiger partial charge in [0.05, 0.1) is 11.0 Å². The second-order valence-corrected chi connectivity index (χ2v) is 16.2. The minimum absolute atomic E-state index is 0.645. The van der Waals surface area contributed by atoms with Gasteiger partial charge in [-0.25, -0.2) is 15.0 Å². The van der Waals surface area contributed by atoms with Gasteiger partial charge >= 0.3 is 0 Å². The molecule has 0 saturated carbocycles. The Bertz CT molecular complexity index is 3130. The Hall–Kier alpha value is -8.61. The maximum atomic E-state index is 5.13. The summed E-state index contributed by atoms with van der Waals surface area (Å²) >= 11 is 0. The lowest BCUT2D eigenvalue weighted by Crippen LogP contribution is -2.09. The Morgan fingerprint density at radius 3 is 1.00 bits per heavy atom. The molecule has 310 valence electrons. The highest BCUT2D eigenvalue weighted by molar-refractivity contribution is 6.12. The molecule has 11 rings (SSSR count). The van der Waals surface area contributed by atoms with Crippen LogP contribution in [0.15, 0.2) is 231 Å². The lowest BCUT2D eigenvalue weighted by Gasteiger charge is -2.26. The van der Waals surface area contributed by atoms with Crippen LogP contribution in [-0.2, 0) is 0 Å². The van der Waals surface area contributed by atoms with Crippen molar-refractivity contribution in [3.8, 4) is 39.9 Å². The number of anilines is 6.